The molecule has 2 aromatic heterocycles. The number of anilines is 2. The van der Waals surface area contributed by atoms with E-state index in [9.17, 15) is 18.3 Å². The van der Waals surface area contributed by atoms with E-state index in [0.29, 0.717) is 23.6 Å². The van der Waals surface area contributed by atoms with Crippen molar-refractivity contribution in [3.05, 3.63) is 146 Å². The molecule has 66 heavy (non-hydrogen) atoms. The van der Waals surface area contributed by atoms with E-state index in [2.05, 4.69) is 67.6 Å². The second-order valence-electron chi connectivity index (χ2n) is 18.5. The first-order valence-electron chi connectivity index (χ1n) is 23.0. The average Bonchev–Trinajstić information content (AvgIpc) is 3.81. The summed E-state index contributed by atoms with van der Waals surface area (Å²) in [5.74, 6) is 2.56. The summed E-state index contributed by atoms with van der Waals surface area (Å²) < 4.78 is 65.0. The van der Waals surface area contributed by atoms with Gasteiger partial charge in [-0.3, -0.25) is 14.5 Å². The molecule has 344 valence electrons. The molecule has 3 atom stereocenters. The van der Waals surface area contributed by atoms with E-state index in [0.717, 1.165) is 132 Å². The number of aromatic nitrogens is 3. The van der Waals surface area contributed by atoms with E-state index in [1.807, 2.05) is 26.0 Å². The molecule has 4 aliphatic rings. The number of aliphatic imine (C=N–C) groups is 1. The molecule has 1 N–H and O–H groups in total. The normalized spacial score (nSPS) is 20.4. The van der Waals surface area contributed by atoms with Crippen LogP contribution in [0.4, 0.5) is 28.9 Å². The molecule has 2 saturated heterocycles. The molecule has 0 unspecified atom stereocenters. The van der Waals surface area contributed by atoms with Crippen molar-refractivity contribution in [2.24, 2.45) is 10.9 Å². The molecule has 6 aromatic rings. The van der Waals surface area contributed by atoms with Crippen LogP contribution in [-0.4, -0.2) is 83.4 Å². The Morgan fingerprint density at radius 3 is 2.21 bits per heavy atom. The number of nitrogens with zero attached hydrogens (tertiary/aromatic N) is 7. The van der Waals surface area contributed by atoms with Gasteiger partial charge in [-0.2, -0.15) is 13.2 Å². The molecule has 3 aliphatic heterocycles. The summed E-state index contributed by atoms with van der Waals surface area (Å²) in [6.45, 7) is 14.5. The standard InChI is InChI=1S/C52H55F4N7O2S/c1-30-32(3)66-51-47(30)49(57-31(2)50-59-58-33(4)63(50)51)43-15-11-38(27-45(43)53)61-20-18-34(19-21-61)29-60-22-24-62(25-23-60)39-12-16-44(46(28-39)65-5)48-41(14-8-36-26-40(64)13-17-42(36)48)35-6-9-37(10-7-35)52(54,55)56/h6-7,9-13,15-17,26-28,31,34,41,48,64H,8,14,18-25,29H2,1-5H3/t31-,41-,48+/m0/s1. The fourth-order valence-corrected chi connectivity index (χ4v) is 12.1. The van der Waals surface area contributed by atoms with Crippen LogP contribution in [0.15, 0.2) is 83.9 Å². The summed E-state index contributed by atoms with van der Waals surface area (Å²) in [4.78, 5) is 13.5. The first kappa shape index (κ1) is 44.1. The van der Waals surface area contributed by atoms with Crippen molar-refractivity contribution in [1.82, 2.24) is 19.7 Å². The van der Waals surface area contributed by atoms with Gasteiger partial charge in [-0.25, -0.2) is 4.39 Å². The first-order chi connectivity index (χ1) is 31.7. The Balaban J connectivity index is 0.779. The number of alkyl halides is 3. The van der Waals surface area contributed by atoms with Crippen molar-refractivity contribution in [3.8, 4) is 16.5 Å². The zero-order valence-electron chi connectivity index (χ0n) is 38.0. The lowest BCUT2D eigenvalue weighted by molar-refractivity contribution is -0.137. The summed E-state index contributed by atoms with van der Waals surface area (Å²) in [6.07, 6.45) is -0.882. The first-order valence-corrected chi connectivity index (χ1v) is 23.9. The summed E-state index contributed by atoms with van der Waals surface area (Å²) >= 11 is 1.67. The number of phenolic OH excluding ortho intramolecular Hbond substituents is 1. The molecule has 2 fully saturated rings. The minimum absolute atomic E-state index is 0.0726. The van der Waals surface area contributed by atoms with Crippen molar-refractivity contribution >= 4 is 28.4 Å². The Morgan fingerprint density at radius 1 is 0.803 bits per heavy atom. The maximum atomic E-state index is 16.3. The lowest BCUT2D eigenvalue weighted by Crippen LogP contribution is -2.49. The van der Waals surface area contributed by atoms with Crippen molar-refractivity contribution in [1.29, 1.82) is 0 Å². The Kier molecular flexibility index (Phi) is 11.7. The van der Waals surface area contributed by atoms with Crippen LogP contribution in [0.2, 0.25) is 0 Å². The van der Waals surface area contributed by atoms with E-state index in [-0.39, 0.29) is 29.4 Å². The lowest BCUT2D eigenvalue weighted by Gasteiger charge is -2.40. The molecule has 4 aromatic carbocycles. The smallest absolute Gasteiger partial charge is 0.416 e. The number of halogens is 4. The maximum Gasteiger partial charge on any atom is 0.416 e. The van der Waals surface area contributed by atoms with E-state index >= 15 is 4.39 Å². The minimum Gasteiger partial charge on any atom is -0.508 e. The molecular formula is C52H55F4N7O2S. The van der Waals surface area contributed by atoms with E-state index in [1.54, 1.807) is 48.8 Å². The van der Waals surface area contributed by atoms with E-state index in [4.69, 9.17) is 9.73 Å². The molecule has 9 nitrogen and oxygen atoms in total. The number of ether oxygens (including phenoxy) is 1. The van der Waals surface area contributed by atoms with Crippen LogP contribution in [0.5, 0.6) is 11.5 Å². The average molecular weight is 918 g/mol. The van der Waals surface area contributed by atoms with Gasteiger partial charge < -0.3 is 19.6 Å². The van der Waals surface area contributed by atoms with Crippen molar-refractivity contribution in [3.63, 3.8) is 0 Å². The number of fused-ring (bicyclic) bond motifs is 4. The highest BCUT2D eigenvalue weighted by atomic mass is 32.1. The van der Waals surface area contributed by atoms with Crippen LogP contribution in [0.25, 0.3) is 5.00 Å². The monoisotopic (exact) mass is 917 g/mol. The largest absolute Gasteiger partial charge is 0.508 e. The second-order valence-corrected chi connectivity index (χ2v) is 19.7. The Bertz CT molecular complexity index is 2800. The van der Waals surface area contributed by atoms with Gasteiger partial charge in [-0.1, -0.05) is 24.3 Å². The van der Waals surface area contributed by atoms with Gasteiger partial charge in [0.25, 0.3) is 0 Å². The Labute approximate surface area is 387 Å². The summed E-state index contributed by atoms with van der Waals surface area (Å²) in [5.41, 5.74) is 8.49. The Morgan fingerprint density at radius 2 is 1.50 bits per heavy atom. The number of aromatic hydroxyl groups is 1. The van der Waals surface area contributed by atoms with Gasteiger partial charge in [0.15, 0.2) is 5.82 Å². The summed E-state index contributed by atoms with van der Waals surface area (Å²) in [6, 6.07) is 22.8. The van der Waals surface area contributed by atoms with Crippen LogP contribution in [0, 0.1) is 32.5 Å². The van der Waals surface area contributed by atoms with Crippen LogP contribution in [-0.2, 0) is 12.6 Å². The molecule has 0 spiro atoms. The third-order valence-electron chi connectivity index (χ3n) is 14.6. The van der Waals surface area contributed by atoms with Crippen molar-refractivity contribution in [2.75, 3.05) is 62.7 Å². The molecule has 1 aliphatic carbocycles. The fourth-order valence-electron chi connectivity index (χ4n) is 10.9. The molecule has 10 rings (SSSR count). The zero-order valence-corrected chi connectivity index (χ0v) is 38.8. The quantitative estimate of drug-likeness (QED) is 0.152. The molecule has 5 heterocycles. The number of benzene rings is 4. The van der Waals surface area contributed by atoms with Gasteiger partial charge >= 0.3 is 6.18 Å². The van der Waals surface area contributed by atoms with Crippen LogP contribution >= 0.6 is 11.3 Å². The maximum absolute atomic E-state index is 16.3. The third-order valence-corrected chi connectivity index (χ3v) is 15.8. The van der Waals surface area contributed by atoms with Gasteiger partial charge in [0, 0.05) is 90.7 Å². The van der Waals surface area contributed by atoms with Crippen LogP contribution < -0.4 is 14.5 Å². The molecule has 0 radical (unpaired) electrons. The highest BCUT2D eigenvalue weighted by Crippen LogP contribution is 2.50. The van der Waals surface area contributed by atoms with Gasteiger partial charge in [0.1, 0.15) is 34.2 Å². The van der Waals surface area contributed by atoms with Gasteiger partial charge in [-0.15, -0.1) is 21.5 Å². The topological polar surface area (TPSA) is 82.2 Å². The van der Waals surface area contributed by atoms with E-state index in [1.165, 1.54) is 17.0 Å². The van der Waals surface area contributed by atoms with Crippen LogP contribution in [0.1, 0.15) is 105 Å². The van der Waals surface area contributed by atoms with E-state index < -0.39 is 11.7 Å². The number of piperidine rings is 1. The number of rotatable bonds is 8. The van der Waals surface area contributed by atoms with Crippen molar-refractivity contribution in [2.45, 2.75) is 77.4 Å². The highest BCUT2D eigenvalue weighted by Gasteiger charge is 2.37. The predicted molar refractivity (Wildman–Crippen MR) is 253 cm³/mol. The zero-order chi connectivity index (χ0) is 46.0. The van der Waals surface area contributed by atoms with Gasteiger partial charge in [-0.05, 0) is 136 Å². The van der Waals surface area contributed by atoms with Crippen molar-refractivity contribution < 1.29 is 27.4 Å². The summed E-state index contributed by atoms with van der Waals surface area (Å²) in [7, 11) is 1.68. The number of methoxy groups -OCH3 is 1. The molecule has 0 saturated carbocycles. The predicted octanol–water partition coefficient (Wildman–Crippen LogP) is 10.9. The van der Waals surface area contributed by atoms with Gasteiger partial charge in [0.05, 0.1) is 18.4 Å². The second kappa shape index (κ2) is 17.5. The molecular weight excluding hydrogens is 863 g/mol. The number of thiophene rings is 1. The number of phenols is 1. The third kappa shape index (κ3) is 8.14. The number of hydrogen-bond donors (Lipinski definition) is 1. The lowest BCUT2D eigenvalue weighted by atomic mass is 9.69. The molecule has 0 bridgehead atoms. The molecule has 14 heteroatoms. The highest BCUT2D eigenvalue weighted by molar-refractivity contribution is 7.15. The number of hydrogen-bond acceptors (Lipinski definition) is 9. The van der Waals surface area contributed by atoms with Crippen LogP contribution in [0.3, 0.4) is 0 Å². The number of piperazine rings is 1. The number of aryl methyl sites for hydroxylation is 3. The fraction of sp³-hybridized carbons (Fsp3) is 0.404. The van der Waals surface area contributed by atoms with Gasteiger partial charge in [0.2, 0.25) is 0 Å². The summed E-state index contributed by atoms with van der Waals surface area (Å²) in [5, 5.41) is 20.1. The SMILES string of the molecule is COc1cc(N2CCN(CC3CCN(c4ccc(C5=N[C@@H](C)c6nnc(C)n6-c6sc(C)c(C)c65)c(F)c4)CC3)CC2)ccc1[C@H]1c2ccc(O)cc2CC[C@H]1c1ccc(C(F)(F)F)cc1. The minimum atomic E-state index is -4.40. The Hall–Kier alpha value is -5.73. The molecule has 0 amide bonds.